The second kappa shape index (κ2) is 11.8. The molecule has 1 saturated carbocycles. The van der Waals surface area contributed by atoms with Crippen molar-refractivity contribution in [3.05, 3.63) is 95.3 Å². The fourth-order valence-electron chi connectivity index (χ4n) is 4.80. The Morgan fingerprint density at radius 1 is 0.946 bits per heavy atom. The van der Waals surface area contributed by atoms with Gasteiger partial charge in [0.1, 0.15) is 17.6 Å². The molecule has 37 heavy (non-hydrogen) atoms. The summed E-state index contributed by atoms with van der Waals surface area (Å²) < 4.78 is 19.5. The maximum Gasteiger partial charge on any atom is 0.308 e. The highest BCUT2D eigenvalue weighted by molar-refractivity contribution is 6.10. The zero-order chi connectivity index (χ0) is 26.4. The molecule has 0 aromatic heterocycles. The number of esters is 1. The van der Waals surface area contributed by atoms with Crippen LogP contribution in [0, 0.1) is 12.7 Å². The maximum absolute atomic E-state index is 14.4. The minimum atomic E-state index is -1.02. The first-order valence-electron chi connectivity index (χ1n) is 12.6. The third-order valence-corrected chi connectivity index (χ3v) is 6.61. The molecule has 6 nitrogen and oxygen atoms in total. The lowest BCUT2D eigenvalue weighted by Gasteiger charge is -2.34. The quantitative estimate of drug-likeness (QED) is 0.323. The van der Waals surface area contributed by atoms with Crippen LogP contribution < -0.4 is 15.0 Å². The highest BCUT2D eigenvalue weighted by Crippen LogP contribution is 2.33. The van der Waals surface area contributed by atoms with Gasteiger partial charge in [-0.2, -0.15) is 0 Å². The van der Waals surface area contributed by atoms with Crippen LogP contribution in [0.3, 0.4) is 0 Å². The Hall–Kier alpha value is -4.00. The fourth-order valence-corrected chi connectivity index (χ4v) is 4.80. The Kier molecular flexibility index (Phi) is 8.33. The summed E-state index contributed by atoms with van der Waals surface area (Å²) in [5, 5.41) is 3.16. The fraction of sp³-hybridized carbons (Fsp3) is 0.300. The van der Waals surface area contributed by atoms with Crippen molar-refractivity contribution in [2.75, 3.05) is 4.90 Å². The first kappa shape index (κ1) is 26.1. The molecule has 3 aromatic rings. The molecular formula is C30H31FN2O4. The lowest BCUT2D eigenvalue weighted by Crippen LogP contribution is -2.47. The molecule has 3 aromatic carbocycles. The number of hydrogen-bond acceptors (Lipinski definition) is 4. The normalized spacial score (nSPS) is 14.5. The average Bonchev–Trinajstić information content (AvgIpc) is 2.88. The molecule has 192 valence electrons. The number of carbonyl (C=O) groups is 3. The molecule has 1 unspecified atom stereocenters. The van der Waals surface area contributed by atoms with Crippen molar-refractivity contribution in [1.82, 2.24) is 5.32 Å². The van der Waals surface area contributed by atoms with Gasteiger partial charge in [0, 0.05) is 24.2 Å². The number of ether oxygens (including phenoxy) is 1. The number of nitrogens with one attached hydrogen (secondary N) is 1. The van der Waals surface area contributed by atoms with Gasteiger partial charge >= 0.3 is 5.97 Å². The van der Waals surface area contributed by atoms with E-state index < -0.39 is 23.7 Å². The first-order valence-corrected chi connectivity index (χ1v) is 12.6. The third-order valence-electron chi connectivity index (χ3n) is 6.61. The lowest BCUT2D eigenvalue weighted by molar-refractivity contribution is -0.132. The predicted octanol–water partition coefficient (Wildman–Crippen LogP) is 5.90. The van der Waals surface area contributed by atoms with Crippen LogP contribution in [0.15, 0.2) is 72.8 Å². The van der Waals surface area contributed by atoms with Crippen LogP contribution in [0.5, 0.6) is 5.75 Å². The third kappa shape index (κ3) is 6.42. The van der Waals surface area contributed by atoms with Gasteiger partial charge in [0.25, 0.3) is 5.91 Å². The number of nitrogens with zero attached hydrogens (tertiary/aromatic N) is 1. The van der Waals surface area contributed by atoms with Gasteiger partial charge in [-0.3, -0.25) is 19.3 Å². The van der Waals surface area contributed by atoms with Crippen molar-refractivity contribution in [3.8, 4) is 5.75 Å². The van der Waals surface area contributed by atoms with E-state index in [1.807, 2.05) is 31.2 Å². The number of amides is 2. The van der Waals surface area contributed by atoms with E-state index >= 15 is 0 Å². The number of carbonyl (C=O) groups excluding carboxylic acids is 3. The van der Waals surface area contributed by atoms with Gasteiger partial charge in [-0.15, -0.1) is 0 Å². The molecular weight excluding hydrogens is 471 g/mol. The van der Waals surface area contributed by atoms with Crippen LogP contribution in [-0.4, -0.2) is 23.8 Å². The number of benzene rings is 3. The molecule has 1 aliphatic rings. The van der Waals surface area contributed by atoms with Crippen molar-refractivity contribution in [2.24, 2.45) is 0 Å². The van der Waals surface area contributed by atoms with E-state index in [1.165, 1.54) is 54.3 Å². The van der Waals surface area contributed by atoms with Crippen molar-refractivity contribution in [2.45, 2.75) is 58.0 Å². The van der Waals surface area contributed by atoms with E-state index in [0.29, 0.717) is 11.3 Å². The Bertz CT molecular complexity index is 1270. The second-order valence-electron chi connectivity index (χ2n) is 9.38. The molecule has 4 rings (SSSR count). The zero-order valence-electron chi connectivity index (χ0n) is 21.1. The van der Waals surface area contributed by atoms with Gasteiger partial charge in [0.2, 0.25) is 5.91 Å². The van der Waals surface area contributed by atoms with Gasteiger partial charge in [-0.25, -0.2) is 4.39 Å². The van der Waals surface area contributed by atoms with Crippen LogP contribution >= 0.6 is 0 Å². The van der Waals surface area contributed by atoms with E-state index in [0.717, 1.165) is 37.7 Å². The number of rotatable bonds is 7. The molecule has 0 saturated heterocycles. The summed E-state index contributed by atoms with van der Waals surface area (Å²) in [6, 6.07) is 18.2. The SMILES string of the molecule is CC(=O)Oc1ccc(C(=O)N(c2cccc(F)c2)C(C(=O)NC2CCCCC2)c2ccccc2C)cc1. The summed E-state index contributed by atoms with van der Waals surface area (Å²) in [6.07, 6.45) is 5.00. The van der Waals surface area contributed by atoms with Crippen molar-refractivity contribution < 1.29 is 23.5 Å². The van der Waals surface area contributed by atoms with Gasteiger partial charge in [0.05, 0.1) is 0 Å². The van der Waals surface area contributed by atoms with Crippen LogP contribution in [0.2, 0.25) is 0 Å². The Morgan fingerprint density at radius 3 is 2.30 bits per heavy atom. The Morgan fingerprint density at radius 2 is 1.65 bits per heavy atom. The van der Waals surface area contributed by atoms with E-state index in [4.69, 9.17) is 4.74 Å². The van der Waals surface area contributed by atoms with Crippen molar-refractivity contribution in [1.29, 1.82) is 0 Å². The van der Waals surface area contributed by atoms with E-state index in [1.54, 1.807) is 6.07 Å². The smallest absolute Gasteiger partial charge is 0.308 e. The molecule has 0 heterocycles. The van der Waals surface area contributed by atoms with Gasteiger partial charge < -0.3 is 10.1 Å². The summed E-state index contributed by atoms with van der Waals surface area (Å²) in [4.78, 5) is 40.6. The number of aryl methyl sites for hydroxylation is 1. The van der Waals surface area contributed by atoms with E-state index in [9.17, 15) is 18.8 Å². The standard InChI is InChI=1S/C30H31FN2O4/c1-20-9-6-7-14-27(20)28(29(35)32-24-11-4-3-5-12-24)33(25-13-8-10-23(31)19-25)30(36)22-15-17-26(18-16-22)37-21(2)34/h6-10,13-19,24,28H,3-5,11-12H2,1-2H3,(H,32,35). The summed E-state index contributed by atoms with van der Waals surface area (Å²) in [5.41, 5.74) is 2.03. The molecule has 1 fully saturated rings. The molecule has 1 atom stereocenters. The monoisotopic (exact) mass is 502 g/mol. The van der Waals surface area contributed by atoms with Crippen LogP contribution in [0.25, 0.3) is 0 Å². The highest BCUT2D eigenvalue weighted by atomic mass is 19.1. The van der Waals surface area contributed by atoms with Crippen LogP contribution in [0.1, 0.15) is 66.6 Å². The Labute approximate surface area is 216 Å². The van der Waals surface area contributed by atoms with Gasteiger partial charge in [0.15, 0.2) is 0 Å². The summed E-state index contributed by atoms with van der Waals surface area (Å²) >= 11 is 0. The second-order valence-corrected chi connectivity index (χ2v) is 9.38. The number of halogens is 1. The molecule has 0 radical (unpaired) electrons. The molecule has 2 amide bonds. The van der Waals surface area contributed by atoms with E-state index in [2.05, 4.69) is 5.32 Å². The highest BCUT2D eigenvalue weighted by Gasteiger charge is 2.35. The predicted molar refractivity (Wildman–Crippen MR) is 140 cm³/mol. The summed E-state index contributed by atoms with van der Waals surface area (Å²) in [6.45, 7) is 3.18. The number of hydrogen-bond donors (Lipinski definition) is 1. The molecule has 0 aliphatic heterocycles. The molecule has 7 heteroatoms. The largest absolute Gasteiger partial charge is 0.427 e. The van der Waals surface area contributed by atoms with Crippen molar-refractivity contribution in [3.63, 3.8) is 0 Å². The van der Waals surface area contributed by atoms with E-state index in [-0.39, 0.29) is 23.2 Å². The topological polar surface area (TPSA) is 75.7 Å². The van der Waals surface area contributed by atoms with Gasteiger partial charge in [-0.1, -0.05) is 49.6 Å². The van der Waals surface area contributed by atoms with Crippen LogP contribution in [-0.2, 0) is 9.59 Å². The average molecular weight is 503 g/mol. The maximum atomic E-state index is 14.4. The Balaban J connectivity index is 1.79. The minimum Gasteiger partial charge on any atom is -0.427 e. The van der Waals surface area contributed by atoms with Crippen molar-refractivity contribution >= 4 is 23.5 Å². The molecule has 1 N–H and O–H groups in total. The minimum absolute atomic E-state index is 0.0280. The lowest BCUT2D eigenvalue weighted by atomic mass is 9.93. The van der Waals surface area contributed by atoms with Crippen LogP contribution in [0.4, 0.5) is 10.1 Å². The zero-order valence-corrected chi connectivity index (χ0v) is 21.1. The molecule has 1 aliphatic carbocycles. The summed E-state index contributed by atoms with van der Waals surface area (Å²) in [7, 11) is 0. The first-order chi connectivity index (χ1) is 17.8. The van der Waals surface area contributed by atoms with Gasteiger partial charge in [-0.05, 0) is 73.4 Å². The molecule has 0 spiro atoms. The molecule has 0 bridgehead atoms. The summed E-state index contributed by atoms with van der Waals surface area (Å²) in [5.74, 6) is -1.48. The number of anilines is 1.